The topological polar surface area (TPSA) is 134 Å². The highest BCUT2D eigenvalue weighted by Crippen LogP contribution is 2.54. The Morgan fingerprint density at radius 3 is 2.38 bits per heavy atom. The molecular formula is C24H39N3O7. The average Bonchev–Trinajstić information content (AvgIpc) is 3.72. The number of nitrogens with one attached hydrogen (secondary N) is 3. The number of ether oxygens (including phenoxy) is 4. The maximum Gasteiger partial charge on any atom is 0.407 e. The Kier molecular flexibility index (Phi) is 8.14. The Labute approximate surface area is 201 Å². The minimum absolute atomic E-state index is 0.00956. The first-order chi connectivity index (χ1) is 16.3. The monoisotopic (exact) mass is 481 g/mol. The van der Waals surface area contributed by atoms with Crippen LogP contribution >= 0.6 is 0 Å². The number of hydroxylamine groups is 1. The van der Waals surface area contributed by atoms with Crippen molar-refractivity contribution in [2.75, 3.05) is 20.3 Å². The largest absolute Gasteiger partial charge is 0.443 e. The first kappa shape index (κ1) is 25.4. The van der Waals surface area contributed by atoms with Crippen LogP contribution in [0, 0.1) is 5.92 Å². The lowest BCUT2D eigenvalue weighted by molar-refractivity contribution is -0.122. The Balaban J connectivity index is 1.27. The van der Waals surface area contributed by atoms with Crippen molar-refractivity contribution in [2.24, 2.45) is 5.92 Å². The van der Waals surface area contributed by atoms with Gasteiger partial charge in [0.2, 0.25) is 5.91 Å². The summed E-state index contributed by atoms with van der Waals surface area (Å²) < 4.78 is 23.7. The number of carbonyl (C=O) groups excluding carboxylic acids is 2. The summed E-state index contributed by atoms with van der Waals surface area (Å²) in [5.41, 5.74) is 2.92. The number of methoxy groups -OCH3 is 1. The normalized spacial score (nSPS) is 38.6. The summed E-state index contributed by atoms with van der Waals surface area (Å²) in [6.07, 6.45) is 6.83. The zero-order chi connectivity index (χ0) is 24.3. The van der Waals surface area contributed by atoms with E-state index < -0.39 is 6.09 Å². The number of epoxide rings is 2. The van der Waals surface area contributed by atoms with Gasteiger partial charge in [0.25, 0.3) is 0 Å². The van der Waals surface area contributed by atoms with E-state index in [-0.39, 0.29) is 60.5 Å². The van der Waals surface area contributed by atoms with Crippen LogP contribution in [-0.4, -0.2) is 79.6 Å². The summed E-state index contributed by atoms with van der Waals surface area (Å²) in [6, 6.07) is 0.0646. The van der Waals surface area contributed by atoms with Gasteiger partial charge in [0, 0.05) is 25.1 Å². The van der Waals surface area contributed by atoms with Gasteiger partial charge in [-0.1, -0.05) is 11.6 Å². The molecule has 0 aromatic heterocycles. The number of carbonyl (C=O) groups is 2. The van der Waals surface area contributed by atoms with Gasteiger partial charge in [0.15, 0.2) is 0 Å². The first-order valence-corrected chi connectivity index (χ1v) is 12.4. The number of hydrogen-bond donors (Lipinski definition) is 4. The van der Waals surface area contributed by atoms with Crippen molar-refractivity contribution in [3.05, 3.63) is 11.6 Å². The van der Waals surface area contributed by atoms with Crippen molar-refractivity contribution in [2.45, 2.75) is 101 Å². The van der Waals surface area contributed by atoms with Crippen LogP contribution in [0.4, 0.5) is 4.79 Å². The Bertz CT molecular complexity index is 760. The molecule has 2 aliphatic carbocycles. The second kappa shape index (κ2) is 10.9. The second-order valence-electron chi connectivity index (χ2n) is 10.3. The van der Waals surface area contributed by atoms with Crippen molar-refractivity contribution in [1.29, 1.82) is 0 Å². The minimum atomic E-state index is -0.423. The summed E-state index contributed by atoms with van der Waals surface area (Å²) >= 11 is 0. The van der Waals surface area contributed by atoms with Crippen LogP contribution in [0.1, 0.15) is 58.8 Å². The molecular weight excluding hydrogens is 442 g/mol. The number of allylic oxidation sites excluding steroid dienone is 1. The summed E-state index contributed by atoms with van der Waals surface area (Å²) in [5, 5.41) is 14.5. The molecule has 2 heterocycles. The SMILES string of the molecule is COC1C(OC(=O)NC2CCC(NC(=O)CNO)CC2)CC[C@]2(CO2)C1[C@H]1O[C@@H]1CC=C(C)C. The molecule has 4 fully saturated rings. The van der Waals surface area contributed by atoms with E-state index in [1.165, 1.54) is 5.57 Å². The third-order valence-corrected chi connectivity index (χ3v) is 7.61. The van der Waals surface area contributed by atoms with Gasteiger partial charge in [-0.2, -0.15) is 5.48 Å². The van der Waals surface area contributed by atoms with E-state index in [0.717, 1.165) is 38.5 Å². The van der Waals surface area contributed by atoms with Crippen molar-refractivity contribution >= 4 is 12.0 Å². The van der Waals surface area contributed by atoms with E-state index >= 15 is 0 Å². The molecule has 0 radical (unpaired) electrons. The molecule has 6 atom stereocenters. The molecule has 10 nitrogen and oxygen atoms in total. The fourth-order valence-electron chi connectivity index (χ4n) is 5.67. The minimum Gasteiger partial charge on any atom is -0.443 e. The first-order valence-electron chi connectivity index (χ1n) is 12.4. The number of alkyl carbamates (subject to hydrolysis) is 1. The van der Waals surface area contributed by atoms with Crippen LogP contribution in [-0.2, 0) is 23.7 Å². The molecule has 4 aliphatic rings. The molecule has 0 aromatic rings. The summed E-state index contributed by atoms with van der Waals surface area (Å²) in [5.74, 6) is -0.192. The summed E-state index contributed by atoms with van der Waals surface area (Å²) in [6.45, 7) is 4.75. The van der Waals surface area contributed by atoms with E-state index in [0.29, 0.717) is 13.0 Å². The molecule has 4 N–H and O–H groups in total. The number of rotatable bonds is 9. The van der Waals surface area contributed by atoms with Crippen molar-refractivity contribution < 1.29 is 33.7 Å². The fraction of sp³-hybridized carbons (Fsp3) is 0.833. The van der Waals surface area contributed by atoms with Gasteiger partial charge in [-0.25, -0.2) is 4.79 Å². The summed E-state index contributed by atoms with van der Waals surface area (Å²) in [7, 11) is 1.67. The van der Waals surface area contributed by atoms with Crippen molar-refractivity contribution in [3.63, 3.8) is 0 Å². The lowest BCUT2D eigenvalue weighted by Crippen LogP contribution is -2.53. The maximum atomic E-state index is 12.7. The standard InChI is InChI=1S/C24H39N3O7/c1-14(2)4-9-17-22(33-17)20-21(31-3)18(10-11-24(20)13-32-24)34-23(29)27-16-7-5-15(6-8-16)26-19(28)12-25-30/h4,15-18,20-22,25,30H,5-13H2,1-3H3,(H,26,28)(H,27,29)/t15?,16?,17-,18?,20?,21?,22+,24+/m1/s1. The Morgan fingerprint density at radius 2 is 1.79 bits per heavy atom. The van der Waals surface area contributed by atoms with Gasteiger partial charge < -0.3 is 34.8 Å². The number of amides is 2. The maximum absolute atomic E-state index is 12.7. The van der Waals surface area contributed by atoms with E-state index in [1.807, 2.05) is 5.48 Å². The van der Waals surface area contributed by atoms with Gasteiger partial charge in [-0.3, -0.25) is 4.79 Å². The molecule has 2 amide bonds. The van der Waals surface area contributed by atoms with Crippen LogP contribution in [0.5, 0.6) is 0 Å². The van der Waals surface area contributed by atoms with E-state index in [1.54, 1.807) is 7.11 Å². The zero-order valence-electron chi connectivity index (χ0n) is 20.4. The molecule has 2 saturated heterocycles. The highest BCUT2D eigenvalue weighted by Gasteiger charge is 2.66. The highest BCUT2D eigenvalue weighted by molar-refractivity contribution is 5.78. The van der Waals surface area contributed by atoms with Crippen LogP contribution in [0.25, 0.3) is 0 Å². The van der Waals surface area contributed by atoms with Crippen LogP contribution in [0.2, 0.25) is 0 Å². The Morgan fingerprint density at radius 1 is 1.12 bits per heavy atom. The molecule has 0 bridgehead atoms. The molecule has 192 valence electrons. The van der Waals surface area contributed by atoms with E-state index in [2.05, 4.69) is 30.6 Å². The third kappa shape index (κ3) is 6.09. The van der Waals surface area contributed by atoms with E-state index in [4.69, 9.17) is 24.2 Å². The molecule has 3 unspecified atom stereocenters. The van der Waals surface area contributed by atoms with E-state index in [9.17, 15) is 9.59 Å². The third-order valence-electron chi connectivity index (χ3n) is 7.61. The second-order valence-corrected chi connectivity index (χ2v) is 10.3. The van der Waals surface area contributed by atoms with Crippen molar-refractivity contribution in [3.8, 4) is 0 Å². The molecule has 10 heteroatoms. The molecule has 1 spiro atoms. The summed E-state index contributed by atoms with van der Waals surface area (Å²) in [4.78, 5) is 24.3. The van der Waals surface area contributed by atoms with Gasteiger partial charge in [0.1, 0.15) is 12.2 Å². The van der Waals surface area contributed by atoms with Gasteiger partial charge in [-0.05, 0) is 58.8 Å². The molecule has 34 heavy (non-hydrogen) atoms. The predicted octanol–water partition coefficient (Wildman–Crippen LogP) is 1.81. The van der Waals surface area contributed by atoms with Gasteiger partial charge in [0.05, 0.1) is 31.0 Å². The van der Waals surface area contributed by atoms with Crippen molar-refractivity contribution in [1.82, 2.24) is 16.1 Å². The number of hydrogen-bond acceptors (Lipinski definition) is 8. The molecule has 2 aliphatic heterocycles. The highest BCUT2D eigenvalue weighted by atomic mass is 16.6. The lowest BCUT2D eigenvalue weighted by atomic mass is 9.73. The smallest absolute Gasteiger partial charge is 0.407 e. The fourth-order valence-corrected chi connectivity index (χ4v) is 5.67. The van der Waals surface area contributed by atoms with Gasteiger partial charge in [-0.15, -0.1) is 0 Å². The molecule has 0 aromatic carbocycles. The lowest BCUT2D eigenvalue weighted by Gasteiger charge is -2.40. The predicted molar refractivity (Wildman–Crippen MR) is 122 cm³/mol. The molecule has 2 saturated carbocycles. The quantitative estimate of drug-likeness (QED) is 0.223. The van der Waals surface area contributed by atoms with Gasteiger partial charge >= 0.3 is 6.09 Å². The van der Waals surface area contributed by atoms with Crippen LogP contribution in [0.15, 0.2) is 11.6 Å². The zero-order valence-corrected chi connectivity index (χ0v) is 20.4. The average molecular weight is 482 g/mol. The van der Waals surface area contributed by atoms with Crippen LogP contribution in [0.3, 0.4) is 0 Å². The van der Waals surface area contributed by atoms with Crippen LogP contribution < -0.4 is 16.1 Å². The molecule has 4 rings (SSSR count). The Hall–Kier alpha value is -1.72.